The summed E-state index contributed by atoms with van der Waals surface area (Å²) in [5, 5.41) is 4.67. The van der Waals surface area contributed by atoms with Gasteiger partial charge in [0.1, 0.15) is 0 Å². The number of anilines is 1. The van der Waals surface area contributed by atoms with Crippen LogP contribution in [0.3, 0.4) is 0 Å². The second-order valence-electron chi connectivity index (χ2n) is 7.40. The van der Waals surface area contributed by atoms with Crippen molar-refractivity contribution in [1.29, 1.82) is 0 Å². The highest BCUT2D eigenvalue weighted by atomic mass is 35.5. The van der Waals surface area contributed by atoms with Gasteiger partial charge in [-0.25, -0.2) is 0 Å². The quantitative estimate of drug-likeness (QED) is 0.313. The maximum atomic E-state index is 12.5. The molecule has 1 aliphatic rings. The minimum absolute atomic E-state index is 0.0812. The summed E-state index contributed by atoms with van der Waals surface area (Å²) < 4.78 is 0. The zero-order chi connectivity index (χ0) is 22.8. The van der Waals surface area contributed by atoms with Gasteiger partial charge >= 0.3 is 0 Å². The molecule has 2 rings (SSSR count). The van der Waals surface area contributed by atoms with E-state index in [1.165, 1.54) is 0 Å². The SMILES string of the molecule is C\C=C/C=C(\C=C\C)/C=C1\CCCC(C(=C/CC)/C(C)=O)=C1Nc1ccc(Cl)cc1Cl. The number of rotatable bonds is 8. The Balaban J connectivity index is 2.70. The first kappa shape index (κ1) is 25.0. The van der Waals surface area contributed by atoms with Crippen molar-refractivity contribution in [3.05, 3.63) is 98.8 Å². The van der Waals surface area contributed by atoms with E-state index in [-0.39, 0.29) is 5.78 Å². The summed E-state index contributed by atoms with van der Waals surface area (Å²) in [4.78, 5) is 12.5. The molecule has 1 aliphatic carbocycles. The number of allylic oxidation sites excluding steroid dienone is 11. The van der Waals surface area contributed by atoms with Crippen molar-refractivity contribution < 1.29 is 4.79 Å². The molecule has 0 saturated heterocycles. The molecular formula is C27H31Cl2NO. The van der Waals surface area contributed by atoms with Crippen LogP contribution in [0.1, 0.15) is 53.4 Å². The second kappa shape index (κ2) is 12.5. The minimum atomic E-state index is 0.0812. The maximum absolute atomic E-state index is 12.5. The first-order valence-electron chi connectivity index (χ1n) is 10.7. The smallest absolute Gasteiger partial charge is 0.159 e. The molecule has 0 heterocycles. The molecule has 0 spiro atoms. The van der Waals surface area contributed by atoms with Crippen LogP contribution in [0.4, 0.5) is 5.69 Å². The van der Waals surface area contributed by atoms with Crippen molar-refractivity contribution in [1.82, 2.24) is 0 Å². The molecule has 0 saturated carbocycles. The van der Waals surface area contributed by atoms with Gasteiger partial charge in [-0.2, -0.15) is 0 Å². The lowest BCUT2D eigenvalue weighted by Gasteiger charge is -2.26. The molecule has 4 heteroatoms. The van der Waals surface area contributed by atoms with Gasteiger partial charge in [0, 0.05) is 16.3 Å². The highest BCUT2D eigenvalue weighted by molar-refractivity contribution is 6.36. The van der Waals surface area contributed by atoms with Gasteiger partial charge in [0.25, 0.3) is 0 Å². The van der Waals surface area contributed by atoms with Crippen molar-refractivity contribution in [2.45, 2.75) is 53.4 Å². The number of hydrogen-bond acceptors (Lipinski definition) is 2. The molecule has 0 fully saturated rings. The predicted molar refractivity (Wildman–Crippen MR) is 136 cm³/mol. The first-order chi connectivity index (χ1) is 14.9. The van der Waals surface area contributed by atoms with Crippen LogP contribution in [0.15, 0.2) is 88.7 Å². The van der Waals surface area contributed by atoms with Crippen LogP contribution in [0.5, 0.6) is 0 Å². The Hall–Kier alpha value is -2.29. The molecule has 164 valence electrons. The monoisotopic (exact) mass is 455 g/mol. The van der Waals surface area contributed by atoms with Crippen LogP contribution < -0.4 is 5.32 Å². The second-order valence-corrected chi connectivity index (χ2v) is 8.24. The average molecular weight is 456 g/mol. The van der Waals surface area contributed by atoms with Gasteiger partial charge in [0.2, 0.25) is 0 Å². The van der Waals surface area contributed by atoms with E-state index >= 15 is 0 Å². The normalized spacial score (nSPS) is 17.3. The number of carbonyl (C=O) groups is 1. The molecule has 0 aliphatic heterocycles. The summed E-state index contributed by atoms with van der Waals surface area (Å²) in [5.74, 6) is 0.0812. The fraction of sp³-hybridized carbons (Fsp3) is 0.296. The van der Waals surface area contributed by atoms with Gasteiger partial charge in [0.15, 0.2) is 5.78 Å². The van der Waals surface area contributed by atoms with Crippen molar-refractivity contribution in [2.24, 2.45) is 0 Å². The van der Waals surface area contributed by atoms with Crippen LogP contribution in [-0.4, -0.2) is 5.78 Å². The molecule has 2 nitrogen and oxygen atoms in total. The molecule has 1 aromatic carbocycles. The van der Waals surface area contributed by atoms with E-state index in [1.807, 2.05) is 50.3 Å². The van der Waals surface area contributed by atoms with Gasteiger partial charge in [0.05, 0.1) is 10.7 Å². The third-order valence-electron chi connectivity index (χ3n) is 4.98. The van der Waals surface area contributed by atoms with Crippen molar-refractivity contribution in [3.8, 4) is 0 Å². The molecule has 0 amide bonds. The fourth-order valence-electron chi connectivity index (χ4n) is 3.63. The Morgan fingerprint density at radius 2 is 1.94 bits per heavy atom. The zero-order valence-electron chi connectivity index (χ0n) is 18.8. The van der Waals surface area contributed by atoms with Crippen molar-refractivity contribution in [3.63, 3.8) is 0 Å². The first-order valence-corrected chi connectivity index (χ1v) is 11.5. The molecule has 31 heavy (non-hydrogen) atoms. The van der Waals surface area contributed by atoms with E-state index in [9.17, 15) is 4.79 Å². The Labute approximate surface area is 196 Å². The molecule has 0 aromatic heterocycles. The van der Waals surface area contributed by atoms with E-state index in [4.69, 9.17) is 23.2 Å². The lowest BCUT2D eigenvalue weighted by Crippen LogP contribution is -2.16. The number of halogens is 2. The van der Waals surface area contributed by atoms with E-state index in [0.29, 0.717) is 10.0 Å². The van der Waals surface area contributed by atoms with Gasteiger partial charge in [-0.15, -0.1) is 0 Å². The molecule has 0 unspecified atom stereocenters. The molecule has 1 aromatic rings. The Kier molecular flexibility index (Phi) is 10.1. The third kappa shape index (κ3) is 7.12. The van der Waals surface area contributed by atoms with Crippen molar-refractivity contribution in [2.75, 3.05) is 5.32 Å². The van der Waals surface area contributed by atoms with Gasteiger partial charge in [-0.3, -0.25) is 4.79 Å². The lowest BCUT2D eigenvalue weighted by atomic mass is 9.84. The van der Waals surface area contributed by atoms with Gasteiger partial charge in [-0.05, 0) is 87.4 Å². The molecule has 0 radical (unpaired) electrons. The summed E-state index contributed by atoms with van der Waals surface area (Å²) in [6.45, 7) is 7.70. The third-order valence-corrected chi connectivity index (χ3v) is 5.53. The number of hydrogen-bond donors (Lipinski definition) is 1. The summed E-state index contributed by atoms with van der Waals surface area (Å²) in [6.07, 6.45) is 18.0. The van der Waals surface area contributed by atoms with E-state index in [0.717, 1.165) is 59.4 Å². The lowest BCUT2D eigenvalue weighted by molar-refractivity contribution is -0.113. The number of ketones is 1. The minimum Gasteiger partial charge on any atom is -0.354 e. The maximum Gasteiger partial charge on any atom is 0.159 e. The van der Waals surface area contributed by atoms with Crippen LogP contribution in [0.2, 0.25) is 10.0 Å². The van der Waals surface area contributed by atoms with Crippen LogP contribution in [0, 0.1) is 0 Å². The van der Waals surface area contributed by atoms with Crippen LogP contribution in [-0.2, 0) is 4.79 Å². The zero-order valence-corrected chi connectivity index (χ0v) is 20.3. The Bertz CT molecular complexity index is 990. The molecular weight excluding hydrogens is 425 g/mol. The van der Waals surface area contributed by atoms with Crippen molar-refractivity contribution >= 4 is 34.7 Å². The Morgan fingerprint density at radius 1 is 1.16 bits per heavy atom. The number of carbonyl (C=O) groups excluding carboxylic acids is 1. The number of benzene rings is 1. The highest BCUT2D eigenvalue weighted by Crippen LogP contribution is 2.37. The topological polar surface area (TPSA) is 29.1 Å². The largest absolute Gasteiger partial charge is 0.354 e. The van der Waals surface area contributed by atoms with Crippen LogP contribution >= 0.6 is 23.2 Å². The summed E-state index contributed by atoms with van der Waals surface area (Å²) in [5.41, 5.74) is 5.82. The fourth-order valence-corrected chi connectivity index (χ4v) is 4.09. The highest BCUT2D eigenvalue weighted by Gasteiger charge is 2.23. The summed E-state index contributed by atoms with van der Waals surface area (Å²) in [6, 6.07) is 5.41. The van der Waals surface area contributed by atoms with E-state index in [2.05, 4.69) is 30.5 Å². The summed E-state index contributed by atoms with van der Waals surface area (Å²) in [7, 11) is 0. The average Bonchev–Trinajstić information content (AvgIpc) is 2.73. The molecule has 1 N–H and O–H groups in total. The predicted octanol–water partition coefficient (Wildman–Crippen LogP) is 8.77. The summed E-state index contributed by atoms with van der Waals surface area (Å²) >= 11 is 12.6. The Morgan fingerprint density at radius 3 is 2.55 bits per heavy atom. The molecule has 0 atom stereocenters. The number of nitrogens with one attached hydrogen (secondary N) is 1. The molecule has 0 bridgehead atoms. The van der Waals surface area contributed by atoms with Gasteiger partial charge < -0.3 is 5.32 Å². The number of Topliss-reactive ketones (excluding diaryl/α,β-unsaturated/α-hetero) is 1. The van der Waals surface area contributed by atoms with E-state index in [1.54, 1.807) is 13.0 Å². The van der Waals surface area contributed by atoms with Crippen LogP contribution in [0.25, 0.3) is 0 Å². The van der Waals surface area contributed by atoms with E-state index < -0.39 is 0 Å². The standard InChI is InChI=1S/C27H31Cl2NO/c1-5-8-12-20(10-6-2)17-21-13-9-14-24(23(11-7-3)19(4)31)27(21)30-26-16-15-22(28)18-25(26)29/h5-6,8,10-12,15-18,30H,7,9,13-14H2,1-4H3/b8-5-,10-6+,20-12+,21-17+,23-11+. The van der Waals surface area contributed by atoms with Gasteiger partial charge in [-0.1, -0.05) is 66.6 Å².